The summed E-state index contributed by atoms with van der Waals surface area (Å²) in [6.45, 7) is 5.04. The van der Waals surface area contributed by atoms with Crippen molar-refractivity contribution >= 4 is 11.9 Å². The van der Waals surface area contributed by atoms with Gasteiger partial charge in [0.15, 0.2) is 0 Å². The molecule has 19 heavy (non-hydrogen) atoms. The lowest BCUT2D eigenvalue weighted by atomic mass is 10.2. The first-order valence-electron chi connectivity index (χ1n) is 6.58. The standard InChI is InChI=1S/C12H20N4O3/c1-8(2)11-14-15-12(19-11)13-10(18)6-16-5-3-4-9(16)7-17/h8-9,17H,3-7H2,1-2H3,(H,13,15,18). The van der Waals surface area contributed by atoms with Crippen LogP contribution in [0.15, 0.2) is 4.42 Å². The number of aromatic nitrogens is 2. The number of likely N-dealkylation sites (tertiary alicyclic amines) is 1. The first kappa shape index (κ1) is 14.0. The Balaban J connectivity index is 1.86. The largest absolute Gasteiger partial charge is 0.408 e. The lowest BCUT2D eigenvalue weighted by Gasteiger charge is -2.21. The van der Waals surface area contributed by atoms with E-state index in [1.807, 2.05) is 18.7 Å². The van der Waals surface area contributed by atoms with Gasteiger partial charge >= 0.3 is 6.01 Å². The molecular formula is C12H20N4O3. The molecule has 1 unspecified atom stereocenters. The predicted octanol–water partition coefficient (Wildman–Crippen LogP) is 0.588. The Morgan fingerprint density at radius 2 is 2.37 bits per heavy atom. The van der Waals surface area contributed by atoms with Gasteiger partial charge in [-0.05, 0) is 19.4 Å². The van der Waals surface area contributed by atoms with Crippen LogP contribution in [0.3, 0.4) is 0 Å². The SMILES string of the molecule is CC(C)c1nnc(NC(=O)CN2CCCC2CO)o1. The first-order chi connectivity index (χ1) is 9.10. The highest BCUT2D eigenvalue weighted by atomic mass is 16.4. The van der Waals surface area contributed by atoms with Crippen LogP contribution < -0.4 is 5.32 Å². The molecule has 2 N–H and O–H groups in total. The van der Waals surface area contributed by atoms with Crippen LogP contribution in [-0.4, -0.2) is 51.8 Å². The third kappa shape index (κ3) is 3.51. The van der Waals surface area contributed by atoms with E-state index in [2.05, 4.69) is 15.5 Å². The van der Waals surface area contributed by atoms with Crippen LogP contribution in [0.1, 0.15) is 38.5 Å². The van der Waals surface area contributed by atoms with Crippen molar-refractivity contribution in [3.8, 4) is 0 Å². The van der Waals surface area contributed by atoms with Gasteiger partial charge < -0.3 is 9.52 Å². The molecule has 1 aliphatic heterocycles. The van der Waals surface area contributed by atoms with Crippen molar-refractivity contribution < 1.29 is 14.3 Å². The Morgan fingerprint density at radius 1 is 1.58 bits per heavy atom. The summed E-state index contributed by atoms with van der Waals surface area (Å²) in [6.07, 6.45) is 1.94. The number of anilines is 1. The van der Waals surface area contributed by atoms with Gasteiger partial charge in [-0.2, -0.15) is 0 Å². The number of nitrogens with one attached hydrogen (secondary N) is 1. The van der Waals surface area contributed by atoms with E-state index >= 15 is 0 Å². The fraction of sp³-hybridized carbons (Fsp3) is 0.750. The van der Waals surface area contributed by atoms with Gasteiger partial charge in [-0.15, -0.1) is 5.10 Å². The molecule has 2 rings (SSSR count). The van der Waals surface area contributed by atoms with Gasteiger partial charge in [0.1, 0.15) is 0 Å². The molecule has 0 radical (unpaired) electrons. The van der Waals surface area contributed by atoms with Gasteiger partial charge in [0.2, 0.25) is 11.8 Å². The number of carbonyl (C=O) groups excluding carboxylic acids is 1. The Hall–Kier alpha value is -1.47. The summed E-state index contributed by atoms with van der Waals surface area (Å²) in [5, 5.41) is 19.4. The maximum atomic E-state index is 11.8. The molecule has 0 aliphatic carbocycles. The Kier molecular flexibility index (Phi) is 4.49. The normalized spacial score (nSPS) is 20.1. The number of hydrogen-bond donors (Lipinski definition) is 2. The molecule has 7 heteroatoms. The van der Waals surface area contributed by atoms with Gasteiger partial charge in [-0.3, -0.25) is 15.0 Å². The van der Waals surface area contributed by atoms with E-state index in [4.69, 9.17) is 4.42 Å². The van der Waals surface area contributed by atoms with E-state index in [0.717, 1.165) is 19.4 Å². The average Bonchev–Trinajstić information content (AvgIpc) is 2.97. The molecule has 2 heterocycles. The molecule has 1 fully saturated rings. The van der Waals surface area contributed by atoms with Crippen molar-refractivity contribution in [2.75, 3.05) is 25.0 Å². The van der Waals surface area contributed by atoms with Crippen molar-refractivity contribution in [3.05, 3.63) is 5.89 Å². The number of rotatable bonds is 5. The monoisotopic (exact) mass is 268 g/mol. The minimum Gasteiger partial charge on any atom is -0.408 e. The molecule has 1 aliphatic rings. The molecule has 0 saturated carbocycles. The molecule has 1 aromatic heterocycles. The summed E-state index contributed by atoms with van der Waals surface area (Å²) in [5.41, 5.74) is 0. The summed E-state index contributed by atoms with van der Waals surface area (Å²) in [4.78, 5) is 13.8. The van der Waals surface area contributed by atoms with E-state index in [0.29, 0.717) is 5.89 Å². The Bertz CT molecular complexity index is 432. The summed E-state index contributed by atoms with van der Waals surface area (Å²) in [6, 6.07) is 0.216. The number of nitrogens with zero attached hydrogens (tertiary/aromatic N) is 3. The number of aliphatic hydroxyl groups excluding tert-OH is 1. The van der Waals surface area contributed by atoms with E-state index in [1.54, 1.807) is 0 Å². The van der Waals surface area contributed by atoms with Crippen molar-refractivity contribution in [3.63, 3.8) is 0 Å². The van der Waals surface area contributed by atoms with Crippen LogP contribution in [0.2, 0.25) is 0 Å². The Labute approximate surface area is 112 Å². The molecule has 0 aromatic carbocycles. The molecular weight excluding hydrogens is 248 g/mol. The van der Waals surface area contributed by atoms with E-state index < -0.39 is 0 Å². The second kappa shape index (κ2) is 6.12. The molecule has 1 amide bonds. The van der Waals surface area contributed by atoms with E-state index in [1.165, 1.54) is 0 Å². The zero-order chi connectivity index (χ0) is 13.8. The fourth-order valence-electron chi connectivity index (χ4n) is 2.17. The van der Waals surface area contributed by atoms with Gasteiger partial charge in [0.05, 0.1) is 13.2 Å². The fourth-order valence-corrected chi connectivity index (χ4v) is 2.17. The zero-order valence-electron chi connectivity index (χ0n) is 11.3. The number of carbonyl (C=O) groups is 1. The Morgan fingerprint density at radius 3 is 3.00 bits per heavy atom. The highest BCUT2D eigenvalue weighted by Gasteiger charge is 2.25. The number of amides is 1. The minimum absolute atomic E-state index is 0.0830. The average molecular weight is 268 g/mol. The van der Waals surface area contributed by atoms with E-state index in [9.17, 15) is 9.90 Å². The molecule has 0 spiro atoms. The smallest absolute Gasteiger partial charge is 0.322 e. The van der Waals surface area contributed by atoms with Crippen LogP contribution in [0.25, 0.3) is 0 Å². The molecule has 106 valence electrons. The molecule has 1 saturated heterocycles. The van der Waals surface area contributed by atoms with Crippen LogP contribution >= 0.6 is 0 Å². The lowest BCUT2D eigenvalue weighted by Crippen LogP contribution is -2.38. The summed E-state index contributed by atoms with van der Waals surface area (Å²) in [7, 11) is 0. The van der Waals surface area contributed by atoms with Crippen LogP contribution in [-0.2, 0) is 4.79 Å². The van der Waals surface area contributed by atoms with Crippen LogP contribution in [0, 0.1) is 0 Å². The highest BCUT2D eigenvalue weighted by Crippen LogP contribution is 2.17. The predicted molar refractivity (Wildman–Crippen MR) is 68.7 cm³/mol. The molecule has 0 bridgehead atoms. The van der Waals surface area contributed by atoms with Crippen molar-refractivity contribution in [2.45, 2.75) is 38.6 Å². The summed E-state index contributed by atoms with van der Waals surface area (Å²) in [5.74, 6) is 0.444. The van der Waals surface area contributed by atoms with Crippen molar-refractivity contribution in [1.29, 1.82) is 0 Å². The lowest BCUT2D eigenvalue weighted by molar-refractivity contribution is -0.117. The number of hydrogen-bond acceptors (Lipinski definition) is 6. The molecule has 1 aromatic rings. The third-order valence-corrected chi connectivity index (χ3v) is 3.24. The maximum Gasteiger partial charge on any atom is 0.322 e. The minimum atomic E-state index is -0.195. The van der Waals surface area contributed by atoms with Crippen molar-refractivity contribution in [1.82, 2.24) is 15.1 Å². The van der Waals surface area contributed by atoms with Gasteiger partial charge in [-0.25, -0.2) is 0 Å². The van der Waals surface area contributed by atoms with Crippen LogP contribution in [0.5, 0.6) is 0 Å². The quantitative estimate of drug-likeness (QED) is 0.812. The van der Waals surface area contributed by atoms with Crippen LogP contribution in [0.4, 0.5) is 6.01 Å². The number of aliphatic hydroxyl groups is 1. The maximum absolute atomic E-state index is 11.8. The van der Waals surface area contributed by atoms with Gasteiger partial charge in [0.25, 0.3) is 0 Å². The van der Waals surface area contributed by atoms with E-state index in [-0.39, 0.29) is 37.0 Å². The second-order valence-electron chi connectivity index (χ2n) is 5.10. The zero-order valence-corrected chi connectivity index (χ0v) is 11.3. The highest BCUT2D eigenvalue weighted by molar-refractivity contribution is 5.90. The molecule has 7 nitrogen and oxygen atoms in total. The summed E-state index contributed by atoms with van der Waals surface area (Å²) >= 11 is 0. The summed E-state index contributed by atoms with van der Waals surface area (Å²) < 4.78 is 5.31. The third-order valence-electron chi connectivity index (χ3n) is 3.24. The topological polar surface area (TPSA) is 91.5 Å². The van der Waals surface area contributed by atoms with Gasteiger partial charge in [0, 0.05) is 12.0 Å². The molecule has 1 atom stereocenters. The second-order valence-corrected chi connectivity index (χ2v) is 5.10. The van der Waals surface area contributed by atoms with Gasteiger partial charge in [-0.1, -0.05) is 18.9 Å². The van der Waals surface area contributed by atoms with Crippen molar-refractivity contribution in [2.24, 2.45) is 0 Å². The first-order valence-corrected chi connectivity index (χ1v) is 6.58.